The van der Waals surface area contributed by atoms with Crippen LogP contribution in [0, 0.1) is 5.82 Å². The molecule has 3 aromatic heterocycles. The Morgan fingerprint density at radius 2 is 1.92 bits per heavy atom. The molecule has 10 heteroatoms. The van der Waals surface area contributed by atoms with E-state index in [0.717, 1.165) is 24.0 Å². The zero-order chi connectivity index (χ0) is 25.2. The van der Waals surface area contributed by atoms with Gasteiger partial charge in [-0.3, -0.25) is 0 Å². The van der Waals surface area contributed by atoms with Gasteiger partial charge in [0.05, 0.1) is 30.6 Å². The van der Waals surface area contributed by atoms with Crippen molar-refractivity contribution in [3.8, 4) is 11.3 Å². The number of aliphatic hydroxyl groups excluding tert-OH is 1. The topological polar surface area (TPSA) is 102 Å². The van der Waals surface area contributed by atoms with Crippen LogP contribution in [0.5, 0.6) is 0 Å². The summed E-state index contributed by atoms with van der Waals surface area (Å²) in [5.41, 5.74) is 3.37. The standard InChI is InChI=1S/C26H26FN7O2/c1-4-18-21(11-16(2)34-7-9-36-10-8-34)28-13-29-22(18)17-5-6-20(27)19(12-17)25(35)23-24-26(31-14-30-23)33(3)15-32-24/h4-6,11-15,25,35H,2,7-10H2,1,3H3/b18-4+,21-11+. The molecule has 1 saturated heterocycles. The Hall–Kier alpha value is -4.02. The van der Waals surface area contributed by atoms with Gasteiger partial charge >= 0.3 is 0 Å². The number of hydrogen-bond donors (Lipinski definition) is 1. The number of benzene rings is 1. The van der Waals surface area contributed by atoms with Crippen LogP contribution in [-0.4, -0.2) is 65.8 Å². The Balaban J connectivity index is 1.57. The molecule has 1 fully saturated rings. The molecule has 0 aliphatic carbocycles. The van der Waals surface area contributed by atoms with E-state index in [1.54, 1.807) is 30.1 Å². The molecule has 0 amide bonds. The van der Waals surface area contributed by atoms with Crippen LogP contribution in [-0.2, 0) is 11.8 Å². The Morgan fingerprint density at radius 3 is 2.69 bits per heavy atom. The van der Waals surface area contributed by atoms with E-state index >= 15 is 0 Å². The summed E-state index contributed by atoms with van der Waals surface area (Å²) in [6.45, 7) is 8.95. The predicted octanol–water partition coefficient (Wildman–Crippen LogP) is 1.47. The average molecular weight is 488 g/mol. The van der Waals surface area contributed by atoms with Gasteiger partial charge in [-0.2, -0.15) is 0 Å². The quantitative estimate of drug-likeness (QED) is 0.452. The number of morpholine rings is 1. The van der Waals surface area contributed by atoms with E-state index in [0.29, 0.717) is 41.0 Å². The first kappa shape index (κ1) is 23.7. The molecule has 1 aromatic carbocycles. The number of rotatable bonds is 5. The summed E-state index contributed by atoms with van der Waals surface area (Å²) in [5, 5.41) is 12.6. The highest BCUT2D eigenvalue weighted by molar-refractivity contribution is 5.74. The van der Waals surface area contributed by atoms with E-state index in [1.165, 1.54) is 18.7 Å². The van der Waals surface area contributed by atoms with Gasteiger partial charge in [-0.05, 0) is 31.2 Å². The third kappa shape index (κ3) is 4.36. The van der Waals surface area contributed by atoms with Crippen molar-refractivity contribution in [1.82, 2.24) is 34.4 Å². The number of aliphatic hydroxyl groups is 1. The van der Waals surface area contributed by atoms with Crippen LogP contribution < -0.4 is 10.6 Å². The number of aryl methyl sites for hydroxylation is 1. The largest absolute Gasteiger partial charge is 0.382 e. The number of imidazole rings is 1. The zero-order valence-electron chi connectivity index (χ0n) is 20.1. The summed E-state index contributed by atoms with van der Waals surface area (Å²) in [6.07, 6.45) is 6.88. The summed E-state index contributed by atoms with van der Waals surface area (Å²) < 4.78 is 22.1. The first-order chi connectivity index (χ1) is 17.5. The molecule has 5 rings (SSSR count). The third-order valence-electron chi connectivity index (χ3n) is 6.27. The molecule has 4 aromatic rings. The number of allylic oxidation sites excluding steroid dienone is 1. The lowest BCUT2D eigenvalue weighted by Crippen LogP contribution is -2.37. The Labute approximate surface area is 207 Å². The lowest BCUT2D eigenvalue weighted by Gasteiger charge is -2.28. The van der Waals surface area contributed by atoms with Gasteiger partial charge in [0, 0.05) is 42.2 Å². The smallest absolute Gasteiger partial charge is 0.163 e. The van der Waals surface area contributed by atoms with E-state index in [9.17, 15) is 9.50 Å². The van der Waals surface area contributed by atoms with Gasteiger partial charge < -0.3 is 19.3 Å². The van der Waals surface area contributed by atoms with Crippen molar-refractivity contribution in [3.63, 3.8) is 0 Å². The van der Waals surface area contributed by atoms with Gasteiger partial charge in [0.15, 0.2) is 5.65 Å². The fourth-order valence-electron chi connectivity index (χ4n) is 4.35. The number of halogens is 1. The molecule has 1 unspecified atom stereocenters. The molecule has 184 valence electrons. The number of hydrogen-bond acceptors (Lipinski definition) is 8. The SMILES string of the molecule is C=C(/C=c1/ncnc(-c2ccc(F)c(C(O)c3ncnc4c3ncn4C)c2)/c1=C/C)N1CCOCC1. The van der Waals surface area contributed by atoms with Crippen molar-refractivity contribution in [2.24, 2.45) is 7.05 Å². The number of fused-ring (bicyclic) bond motifs is 1. The predicted molar refractivity (Wildman–Crippen MR) is 133 cm³/mol. The molecule has 1 aliphatic rings. The highest BCUT2D eigenvalue weighted by atomic mass is 19.1. The van der Waals surface area contributed by atoms with Crippen molar-refractivity contribution in [3.05, 3.63) is 77.1 Å². The lowest BCUT2D eigenvalue weighted by atomic mass is 9.99. The van der Waals surface area contributed by atoms with Crippen LogP contribution in [0.4, 0.5) is 4.39 Å². The van der Waals surface area contributed by atoms with E-state index in [4.69, 9.17) is 4.74 Å². The zero-order valence-corrected chi connectivity index (χ0v) is 20.1. The summed E-state index contributed by atoms with van der Waals surface area (Å²) >= 11 is 0. The van der Waals surface area contributed by atoms with Crippen molar-refractivity contribution < 1.29 is 14.2 Å². The Bertz CT molecular complexity index is 1560. The number of nitrogens with zero attached hydrogens (tertiary/aromatic N) is 7. The minimum absolute atomic E-state index is 0.0714. The van der Waals surface area contributed by atoms with Gasteiger partial charge in [-0.1, -0.05) is 12.7 Å². The van der Waals surface area contributed by atoms with Gasteiger partial charge in [-0.25, -0.2) is 29.3 Å². The van der Waals surface area contributed by atoms with E-state index in [1.807, 2.05) is 19.1 Å². The molecule has 9 nitrogen and oxygen atoms in total. The van der Waals surface area contributed by atoms with E-state index in [-0.39, 0.29) is 11.3 Å². The molecular weight excluding hydrogens is 461 g/mol. The minimum Gasteiger partial charge on any atom is -0.382 e. The van der Waals surface area contributed by atoms with Gasteiger partial charge in [-0.15, -0.1) is 0 Å². The fourth-order valence-corrected chi connectivity index (χ4v) is 4.35. The molecular formula is C26H26FN7O2. The molecule has 1 N–H and O–H groups in total. The van der Waals surface area contributed by atoms with Crippen LogP contribution in [0.25, 0.3) is 34.6 Å². The van der Waals surface area contributed by atoms with Crippen LogP contribution in [0.3, 0.4) is 0 Å². The summed E-state index contributed by atoms with van der Waals surface area (Å²) in [4.78, 5) is 23.8. The molecule has 0 saturated carbocycles. The summed E-state index contributed by atoms with van der Waals surface area (Å²) in [5.74, 6) is -0.558. The van der Waals surface area contributed by atoms with Crippen molar-refractivity contribution in [2.45, 2.75) is 13.0 Å². The Kier molecular flexibility index (Phi) is 6.53. The van der Waals surface area contributed by atoms with Crippen LogP contribution >= 0.6 is 0 Å². The molecule has 4 heterocycles. The Morgan fingerprint density at radius 1 is 1.14 bits per heavy atom. The van der Waals surface area contributed by atoms with Crippen LogP contribution in [0.2, 0.25) is 0 Å². The van der Waals surface area contributed by atoms with Crippen LogP contribution in [0.15, 0.2) is 49.5 Å². The molecule has 0 radical (unpaired) electrons. The second-order valence-corrected chi connectivity index (χ2v) is 8.47. The molecule has 36 heavy (non-hydrogen) atoms. The number of aromatic nitrogens is 6. The minimum atomic E-state index is -1.34. The van der Waals surface area contributed by atoms with Gasteiger partial charge in [0.25, 0.3) is 0 Å². The lowest BCUT2D eigenvalue weighted by molar-refractivity contribution is 0.0564. The maximum absolute atomic E-state index is 15.0. The summed E-state index contributed by atoms with van der Waals surface area (Å²) in [7, 11) is 1.79. The third-order valence-corrected chi connectivity index (χ3v) is 6.27. The first-order valence-corrected chi connectivity index (χ1v) is 11.6. The molecule has 1 aliphatic heterocycles. The fraction of sp³-hybridized carbons (Fsp3) is 0.269. The van der Waals surface area contributed by atoms with Crippen molar-refractivity contribution in [2.75, 3.05) is 26.3 Å². The molecule has 0 spiro atoms. The average Bonchev–Trinajstić information content (AvgIpc) is 3.29. The maximum atomic E-state index is 15.0. The summed E-state index contributed by atoms with van der Waals surface area (Å²) in [6, 6.07) is 4.55. The highest BCUT2D eigenvalue weighted by Gasteiger charge is 2.22. The first-order valence-electron chi connectivity index (χ1n) is 11.6. The van der Waals surface area contributed by atoms with Gasteiger partial charge in [0.2, 0.25) is 0 Å². The number of ether oxygens (including phenoxy) is 1. The normalized spacial score (nSPS) is 16.1. The van der Waals surface area contributed by atoms with Crippen molar-refractivity contribution >= 4 is 23.3 Å². The highest BCUT2D eigenvalue weighted by Crippen LogP contribution is 2.29. The van der Waals surface area contributed by atoms with Gasteiger partial charge in [0.1, 0.15) is 35.8 Å². The second-order valence-electron chi connectivity index (χ2n) is 8.47. The van der Waals surface area contributed by atoms with Crippen LogP contribution in [0.1, 0.15) is 24.3 Å². The maximum Gasteiger partial charge on any atom is 0.163 e. The van der Waals surface area contributed by atoms with E-state index in [2.05, 4.69) is 36.4 Å². The molecule has 1 atom stereocenters. The van der Waals surface area contributed by atoms with Crippen molar-refractivity contribution in [1.29, 1.82) is 0 Å². The van der Waals surface area contributed by atoms with E-state index < -0.39 is 11.9 Å². The second kappa shape index (κ2) is 9.92. The molecule has 0 bridgehead atoms. The monoisotopic (exact) mass is 487 g/mol.